The molecule has 3 nitrogen and oxygen atoms in total. The molecule has 1 heterocycles. The first kappa shape index (κ1) is 11.9. The van der Waals surface area contributed by atoms with Crippen molar-refractivity contribution in [1.82, 2.24) is 4.90 Å². The monoisotopic (exact) mass is 259 g/mol. The van der Waals surface area contributed by atoms with Crippen molar-refractivity contribution >= 4 is 19.7 Å². The van der Waals surface area contributed by atoms with Crippen LogP contribution >= 0.6 is 10.7 Å². The van der Waals surface area contributed by atoms with Crippen molar-refractivity contribution in [2.75, 3.05) is 13.6 Å². The molecule has 0 radical (unpaired) electrons. The highest BCUT2D eigenvalue weighted by molar-refractivity contribution is 8.13. The largest absolute Gasteiger partial charge is 0.299 e. The molecule has 1 fully saturated rings. The summed E-state index contributed by atoms with van der Waals surface area (Å²) in [4.78, 5) is 2.45. The predicted octanol–water partition coefficient (Wildman–Crippen LogP) is 2.38. The van der Waals surface area contributed by atoms with Gasteiger partial charge in [-0.2, -0.15) is 0 Å². The van der Waals surface area contributed by atoms with Gasteiger partial charge in [0.2, 0.25) is 0 Å². The van der Waals surface area contributed by atoms with Gasteiger partial charge in [-0.05, 0) is 44.1 Å². The van der Waals surface area contributed by atoms with E-state index in [-0.39, 0.29) is 4.90 Å². The zero-order chi connectivity index (χ0) is 11.8. The van der Waals surface area contributed by atoms with Crippen LogP contribution in [0.4, 0.5) is 0 Å². The van der Waals surface area contributed by atoms with Crippen LogP contribution in [0.15, 0.2) is 29.2 Å². The van der Waals surface area contributed by atoms with E-state index in [1.54, 1.807) is 12.1 Å². The van der Waals surface area contributed by atoms with Crippen LogP contribution in [0.3, 0.4) is 0 Å². The van der Waals surface area contributed by atoms with Crippen LogP contribution in [0.25, 0.3) is 0 Å². The Morgan fingerprint density at radius 3 is 2.38 bits per heavy atom. The molecule has 0 aromatic heterocycles. The van der Waals surface area contributed by atoms with E-state index >= 15 is 0 Å². The molecule has 1 aliphatic rings. The van der Waals surface area contributed by atoms with Crippen LogP contribution in [0.1, 0.15) is 24.4 Å². The van der Waals surface area contributed by atoms with Gasteiger partial charge in [0.15, 0.2) is 0 Å². The molecule has 0 saturated carbocycles. The fraction of sp³-hybridized carbons (Fsp3) is 0.455. The number of hydrogen-bond donors (Lipinski definition) is 0. The second-order valence-corrected chi connectivity index (χ2v) is 6.71. The second kappa shape index (κ2) is 4.35. The molecule has 0 aliphatic carbocycles. The summed E-state index contributed by atoms with van der Waals surface area (Å²) >= 11 is 0. The third-order valence-electron chi connectivity index (χ3n) is 3.07. The fourth-order valence-electron chi connectivity index (χ4n) is 2.18. The van der Waals surface area contributed by atoms with Crippen molar-refractivity contribution < 1.29 is 8.42 Å². The summed E-state index contributed by atoms with van der Waals surface area (Å²) in [5, 5.41) is 0. The highest BCUT2D eigenvalue weighted by Gasteiger charge is 2.22. The van der Waals surface area contributed by atoms with Crippen molar-refractivity contribution in [3.8, 4) is 0 Å². The molecule has 88 valence electrons. The lowest BCUT2D eigenvalue weighted by atomic mass is 10.1. The minimum atomic E-state index is -3.60. The molecular weight excluding hydrogens is 246 g/mol. The lowest BCUT2D eigenvalue weighted by Crippen LogP contribution is -2.17. The zero-order valence-corrected chi connectivity index (χ0v) is 10.6. The Hall–Kier alpha value is -0.580. The van der Waals surface area contributed by atoms with Crippen LogP contribution in [0, 0.1) is 0 Å². The number of halogens is 1. The van der Waals surface area contributed by atoms with E-state index in [1.807, 2.05) is 12.1 Å². The molecule has 0 spiro atoms. The summed E-state index contributed by atoms with van der Waals surface area (Å²) in [5.41, 5.74) is 1.16. The molecule has 0 N–H and O–H groups in total. The van der Waals surface area contributed by atoms with Gasteiger partial charge >= 0.3 is 0 Å². The first-order chi connectivity index (χ1) is 7.48. The van der Waals surface area contributed by atoms with Gasteiger partial charge in [0.05, 0.1) is 4.90 Å². The normalized spacial score (nSPS) is 22.5. The molecule has 0 bridgehead atoms. The van der Waals surface area contributed by atoms with Crippen molar-refractivity contribution in [2.45, 2.75) is 23.8 Å². The van der Waals surface area contributed by atoms with Gasteiger partial charge in [-0.25, -0.2) is 8.42 Å². The summed E-state index contributed by atoms with van der Waals surface area (Å²) in [5.74, 6) is 0. The Balaban J connectivity index is 2.26. The van der Waals surface area contributed by atoms with Crippen molar-refractivity contribution in [2.24, 2.45) is 0 Å². The fourth-order valence-corrected chi connectivity index (χ4v) is 2.95. The third-order valence-corrected chi connectivity index (χ3v) is 4.44. The van der Waals surface area contributed by atoms with Crippen LogP contribution < -0.4 is 0 Å². The molecular formula is C11H14ClNO2S. The first-order valence-corrected chi connectivity index (χ1v) is 7.54. The average Bonchev–Trinajstić information content (AvgIpc) is 2.63. The Labute approximate surface area is 100 Å². The van der Waals surface area contributed by atoms with E-state index in [4.69, 9.17) is 10.7 Å². The highest BCUT2D eigenvalue weighted by atomic mass is 35.7. The number of hydrogen-bond acceptors (Lipinski definition) is 3. The van der Waals surface area contributed by atoms with Crippen LogP contribution in [0.5, 0.6) is 0 Å². The molecule has 1 aromatic rings. The molecule has 2 rings (SSSR count). The highest BCUT2D eigenvalue weighted by Crippen LogP contribution is 2.30. The number of benzene rings is 1. The lowest BCUT2D eigenvalue weighted by Gasteiger charge is -2.19. The van der Waals surface area contributed by atoms with Gasteiger partial charge in [0.25, 0.3) is 9.05 Å². The lowest BCUT2D eigenvalue weighted by molar-refractivity contribution is 0.317. The predicted molar refractivity (Wildman–Crippen MR) is 64.1 cm³/mol. The summed E-state index contributed by atoms with van der Waals surface area (Å²) in [6.45, 7) is 1.10. The van der Waals surface area contributed by atoms with Gasteiger partial charge in [0, 0.05) is 16.7 Å². The summed E-state index contributed by atoms with van der Waals surface area (Å²) in [6.07, 6.45) is 2.32. The molecule has 1 unspecified atom stereocenters. The SMILES string of the molecule is CN1CCCC1c1ccc(S(=O)(=O)Cl)cc1. The number of likely N-dealkylation sites (tertiary alicyclic amines) is 1. The maximum absolute atomic E-state index is 11.1. The van der Waals surface area contributed by atoms with Crippen LogP contribution in [-0.2, 0) is 9.05 Å². The van der Waals surface area contributed by atoms with Crippen molar-refractivity contribution in [3.05, 3.63) is 29.8 Å². The molecule has 0 amide bonds. The topological polar surface area (TPSA) is 37.4 Å². The molecule has 1 aromatic carbocycles. The van der Waals surface area contributed by atoms with Crippen LogP contribution in [0.2, 0.25) is 0 Å². The molecule has 1 aliphatic heterocycles. The maximum atomic E-state index is 11.1. The molecule has 1 saturated heterocycles. The molecule has 16 heavy (non-hydrogen) atoms. The van der Waals surface area contributed by atoms with Crippen molar-refractivity contribution in [3.63, 3.8) is 0 Å². The maximum Gasteiger partial charge on any atom is 0.261 e. The Kier molecular flexibility index (Phi) is 3.24. The Morgan fingerprint density at radius 1 is 1.31 bits per heavy atom. The van der Waals surface area contributed by atoms with Gasteiger partial charge in [-0.1, -0.05) is 12.1 Å². The zero-order valence-electron chi connectivity index (χ0n) is 9.06. The average molecular weight is 260 g/mol. The van der Waals surface area contributed by atoms with E-state index in [0.717, 1.165) is 18.5 Å². The summed E-state index contributed by atoms with van der Waals surface area (Å²) in [6, 6.07) is 7.25. The van der Waals surface area contributed by atoms with Gasteiger partial charge in [0.1, 0.15) is 0 Å². The van der Waals surface area contributed by atoms with Crippen molar-refractivity contribution in [1.29, 1.82) is 0 Å². The van der Waals surface area contributed by atoms with E-state index in [9.17, 15) is 8.42 Å². The first-order valence-electron chi connectivity index (χ1n) is 5.23. The smallest absolute Gasteiger partial charge is 0.261 e. The second-order valence-electron chi connectivity index (χ2n) is 4.15. The summed E-state index contributed by atoms with van der Waals surface area (Å²) in [7, 11) is 3.75. The number of rotatable bonds is 2. The Bertz CT molecular complexity index is 469. The molecule has 1 atom stereocenters. The van der Waals surface area contributed by atoms with E-state index in [1.165, 1.54) is 6.42 Å². The number of nitrogens with zero attached hydrogens (tertiary/aromatic N) is 1. The molecule has 5 heteroatoms. The van der Waals surface area contributed by atoms with E-state index in [0.29, 0.717) is 6.04 Å². The Morgan fingerprint density at radius 2 is 1.94 bits per heavy atom. The standard InChI is InChI=1S/C11H14ClNO2S/c1-13-8-2-3-11(13)9-4-6-10(7-5-9)16(12,14)15/h4-7,11H,2-3,8H2,1H3. The van der Waals surface area contributed by atoms with E-state index in [2.05, 4.69) is 11.9 Å². The van der Waals surface area contributed by atoms with E-state index < -0.39 is 9.05 Å². The minimum absolute atomic E-state index is 0.165. The summed E-state index contributed by atoms with van der Waals surface area (Å²) < 4.78 is 22.2. The quantitative estimate of drug-likeness (QED) is 0.766. The van der Waals surface area contributed by atoms with Gasteiger partial charge < -0.3 is 0 Å². The minimum Gasteiger partial charge on any atom is -0.299 e. The third kappa shape index (κ3) is 2.39. The van der Waals surface area contributed by atoms with Gasteiger partial charge in [-0.15, -0.1) is 0 Å². The van der Waals surface area contributed by atoms with Crippen LogP contribution in [-0.4, -0.2) is 26.9 Å². The van der Waals surface area contributed by atoms with Gasteiger partial charge in [-0.3, -0.25) is 4.90 Å².